The Hall–Kier alpha value is -3.40. The number of carbonyl (C=O) groups excluding carboxylic acids is 1. The van der Waals surface area contributed by atoms with E-state index in [0.717, 1.165) is 76.1 Å². The number of aromatic nitrogens is 2. The Morgan fingerprint density at radius 3 is 2.39 bits per heavy atom. The summed E-state index contributed by atoms with van der Waals surface area (Å²) < 4.78 is 33.9. The number of hydrogen-bond donors (Lipinski definition) is 1. The van der Waals surface area contributed by atoms with Crippen molar-refractivity contribution < 1.29 is 17.9 Å². The van der Waals surface area contributed by atoms with Crippen LogP contribution < -0.4 is 10.2 Å². The van der Waals surface area contributed by atoms with Crippen LogP contribution in [0.4, 0.5) is 10.5 Å². The Labute approximate surface area is 279 Å². The summed E-state index contributed by atoms with van der Waals surface area (Å²) in [5.41, 5.74) is 1.34. The highest BCUT2D eigenvalue weighted by Gasteiger charge is 2.53. The Bertz CT molecular complexity index is 1680. The Morgan fingerprint density at radius 2 is 1.78 bits per heavy atom. The molecule has 3 fully saturated rings. The quantitative estimate of drug-likeness (QED) is 0.324. The van der Waals surface area contributed by atoms with Gasteiger partial charge in [0.25, 0.3) is 0 Å². The average Bonchev–Trinajstić information content (AvgIpc) is 3.66. The minimum absolute atomic E-state index is 0.0200. The number of likely N-dealkylation sites (tertiary alicyclic amines) is 1. The monoisotopic (exact) mass is 708 g/mol. The van der Waals surface area contributed by atoms with Gasteiger partial charge in [0, 0.05) is 57.4 Å². The number of nitrogens with zero attached hydrogens (tertiary/aromatic N) is 5. The van der Waals surface area contributed by atoms with Gasteiger partial charge in [0.15, 0.2) is 5.03 Å². The number of nitriles is 1. The average molecular weight is 710 g/mol. The molecule has 1 amide bonds. The number of alkyl carbamates (subject to hydrolysis) is 1. The predicted octanol–water partition coefficient (Wildman–Crippen LogP) is 5.15. The van der Waals surface area contributed by atoms with Crippen molar-refractivity contribution in [2.24, 2.45) is 24.8 Å². The SMILES string of the molecule is CNC(=O)O[C@@H]1CCC[C@H]1C(C#N)(c1ccccc1)C1CCN(CC2CN(c3ccc(S(=O)(=O)c4nn(C)cc4Br)cc3)C2)CC1. The topological polar surface area (TPSA) is 121 Å². The Kier molecular flexibility index (Phi) is 9.46. The molecule has 1 N–H and O–H groups in total. The van der Waals surface area contributed by atoms with E-state index in [1.165, 1.54) is 4.68 Å². The summed E-state index contributed by atoms with van der Waals surface area (Å²) in [4.78, 5) is 17.2. The Morgan fingerprint density at radius 1 is 1.09 bits per heavy atom. The number of nitrogens with one attached hydrogen (secondary N) is 1. The zero-order valence-corrected chi connectivity index (χ0v) is 28.7. The van der Waals surface area contributed by atoms with Gasteiger partial charge in [-0.15, -0.1) is 0 Å². The molecule has 2 aliphatic heterocycles. The first kappa shape index (κ1) is 32.5. The summed E-state index contributed by atoms with van der Waals surface area (Å²) in [6, 6.07) is 20.0. The van der Waals surface area contributed by atoms with Crippen molar-refractivity contribution in [1.82, 2.24) is 20.0 Å². The second-order valence-electron chi connectivity index (χ2n) is 12.9. The molecule has 12 heteroatoms. The Balaban J connectivity index is 1.07. The van der Waals surface area contributed by atoms with Gasteiger partial charge >= 0.3 is 6.09 Å². The summed E-state index contributed by atoms with van der Waals surface area (Å²) in [6.07, 6.45) is 5.36. The number of sulfone groups is 1. The molecule has 10 nitrogen and oxygen atoms in total. The van der Waals surface area contributed by atoms with Crippen LogP contribution in [0.3, 0.4) is 0 Å². The lowest BCUT2D eigenvalue weighted by Crippen LogP contribution is -2.54. The number of aryl methyl sites for hydroxylation is 1. The summed E-state index contributed by atoms with van der Waals surface area (Å²) in [7, 11) is -0.443. The molecule has 1 saturated carbocycles. The van der Waals surface area contributed by atoms with E-state index in [4.69, 9.17) is 4.74 Å². The van der Waals surface area contributed by atoms with E-state index < -0.39 is 21.3 Å². The third-order valence-corrected chi connectivity index (χ3v) is 12.7. The van der Waals surface area contributed by atoms with Crippen molar-refractivity contribution in [3.63, 3.8) is 0 Å². The van der Waals surface area contributed by atoms with Gasteiger partial charge in [-0.25, -0.2) is 13.2 Å². The lowest BCUT2D eigenvalue weighted by molar-refractivity contribution is 0.0307. The standard InChI is InChI=1S/C34H41BrN6O4S/c1-37-33(42)45-31-10-6-9-29(31)34(23-36,25-7-4-3-5-8-25)26-15-17-40(18-16-26)19-24-20-41(21-24)27-11-13-28(14-12-27)46(43,44)32-30(35)22-39(2)38-32/h3-5,7-8,11-14,22,24,26,29,31H,6,9-10,15-21H2,1-2H3,(H,37,42)/t29-,31-,34?/m1/s1. The molecule has 2 aromatic carbocycles. The van der Waals surface area contributed by atoms with Crippen LogP contribution in [-0.4, -0.2) is 75.1 Å². The number of piperidine rings is 1. The van der Waals surface area contributed by atoms with E-state index in [9.17, 15) is 18.5 Å². The molecule has 1 aromatic heterocycles. The lowest BCUT2D eigenvalue weighted by atomic mass is 9.59. The van der Waals surface area contributed by atoms with Crippen LogP contribution in [0, 0.1) is 29.1 Å². The fourth-order valence-electron chi connectivity index (χ4n) is 7.89. The van der Waals surface area contributed by atoms with Gasteiger partial charge in [-0.1, -0.05) is 30.3 Å². The van der Waals surface area contributed by atoms with Gasteiger partial charge < -0.3 is 19.9 Å². The van der Waals surface area contributed by atoms with E-state index in [1.54, 1.807) is 32.4 Å². The minimum atomic E-state index is -3.71. The highest BCUT2D eigenvalue weighted by Crippen LogP contribution is 2.51. The lowest BCUT2D eigenvalue weighted by Gasteiger charge is -2.47. The number of hydrogen-bond acceptors (Lipinski definition) is 8. The third kappa shape index (κ3) is 6.17. The normalized spacial score (nSPS) is 22.5. The van der Waals surface area contributed by atoms with Crippen molar-refractivity contribution in [1.29, 1.82) is 5.26 Å². The molecule has 6 rings (SSSR count). The maximum Gasteiger partial charge on any atom is 0.407 e. The number of halogens is 1. The molecule has 3 atom stereocenters. The van der Waals surface area contributed by atoms with Crippen LogP contribution in [0.15, 0.2) is 75.2 Å². The van der Waals surface area contributed by atoms with Crippen molar-refractivity contribution in [2.45, 2.75) is 53.5 Å². The van der Waals surface area contributed by atoms with E-state index in [0.29, 0.717) is 10.4 Å². The number of benzene rings is 2. The maximum atomic E-state index is 13.1. The van der Waals surface area contributed by atoms with Crippen LogP contribution in [0.1, 0.15) is 37.7 Å². The summed E-state index contributed by atoms with van der Waals surface area (Å²) in [5, 5.41) is 17.6. The molecule has 3 aliphatic rings. The molecule has 0 bridgehead atoms. The highest BCUT2D eigenvalue weighted by molar-refractivity contribution is 9.10. The molecular weight excluding hydrogens is 668 g/mol. The van der Waals surface area contributed by atoms with Crippen LogP contribution in [0.2, 0.25) is 0 Å². The number of rotatable bonds is 9. The highest BCUT2D eigenvalue weighted by atomic mass is 79.9. The van der Waals surface area contributed by atoms with Crippen LogP contribution in [0.25, 0.3) is 0 Å². The molecular formula is C34H41BrN6O4S. The van der Waals surface area contributed by atoms with Crippen molar-refractivity contribution in [3.8, 4) is 6.07 Å². The van der Waals surface area contributed by atoms with Gasteiger partial charge in [-0.05, 0) is 96.9 Å². The van der Waals surface area contributed by atoms with Crippen molar-refractivity contribution >= 4 is 37.5 Å². The van der Waals surface area contributed by atoms with E-state index in [-0.39, 0.29) is 27.9 Å². The molecule has 46 heavy (non-hydrogen) atoms. The molecule has 244 valence electrons. The van der Waals surface area contributed by atoms with Gasteiger partial charge in [-0.3, -0.25) is 4.68 Å². The zero-order valence-electron chi connectivity index (χ0n) is 26.3. The molecule has 3 heterocycles. The smallest absolute Gasteiger partial charge is 0.407 e. The summed E-state index contributed by atoms with van der Waals surface area (Å²) >= 11 is 3.30. The van der Waals surface area contributed by atoms with E-state index >= 15 is 0 Å². The number of amides is 1. The molecule has 1 aliphatic carbocycles. The first-order valence-corrected chi connectivity index (χ1v) is 18.3. The molecule has 3 aromatic rings. The molecule has 1 unspecified atom stereocenters. The number of ether oxygens (including phenoxy) is 1. The van der Waals surface area contributed by atoms with E-state index in [2.05, 4.69) is 54.3 Å². The zero-order chi connectivity index (χ0) is 32.5. The van der Waals surface area contributed by atoms with E-state index in [1.807, 2.05) is 30.3 Å². The molecule has 2 saturated heterocycles. The summed E-state index contributed by atoms with van der Waals surface area (Å²) in [5.74, 6) is 0.662. The van der Waals surface area contributed by atoms with Crippen molar-refractivity contribution in [3.05, 3.63) is 70.8 Å². The van der Waals surface area contributed by atoms with Gasteiger partial charge in [0.2, 0.25) is 9.84 Å². The second-order valence-corrected chi connectivity index (χ2v) is 15.6. The summed E-state index contributed by atoms with van der Waals surface area (Å²) in [6.45, 7) is 4.71. The van der Waals surface area contributed by atoms with Crippen LogP contribution in [-0.2, 0) is 27.0 Å². The van der Waals surface area contributed by atoms with Gasteiger partial charge in [0.05, 0.1) is 20.9 Å². The fourth-order valence-corrected chi connectivity index (χ4v) is 10.2. The van der Waals surface area contributed by atoms with Crippen molar-refractivity contribution in [2.75, 3.05) is 44.7 Å². The number of carbonyl (C=O) groups is 1. The third-order valence-electron chi connectivity index (χ3n) is 10.2. The van der Waals surface area contributed by atoms with Crippen LogP contribution >= 0.6 is 15.9 Å². The predicted molar refractivity (Wildman–Crippen MR) is 178 cm³/mol. The van der Waals surface area contributed by atoms with Gasteiger partial charge in [-0.2, -0.15) is 10.4 Å². The number of anilines is 1. The fraction of sp³-hybridized carbons (Fsp3) is 0.500. The first-order valence-electron chi connectivity index (χ1n) is 16.0. The molecule has 0 spiro atoms. The first-order chi connectivity index (χ1) is 22.1. The second kappa shape index (κ2) is 13.4. The van der Waals surface area contributed by atoms with Gasteiger partial charge in [0.1, 0.15) is 6.10 Å². The molecule has 0 radical (unpaired) electrons. The largest absolute Gasteiger partial charge is 0.446 e. The minimum Gasteiger partial charge on any atom is -0.446 e. The van der Waals surface area contributed by atoms with Crippen LogP contribution in [0.5, 0.6) is 0 Å². The maximum absolute atomic E-state index is 13.1.